The molecule has 1 heterocycles. The highest BCUT2D eigenvalue weighted by atomic mass is 19.1. The molecule has 7 heteroatoms. The second kappa shape index (κ2) is 8.04. The average Bonchev–Trinajstić information content (AvgIpc) is 2.93. The molecule has 3 rings (SSSR count). The predicted molar refractivity (Wildman–Crippen MR) is 96.1 cm³/mol. The van der Waals surface area contributed by atoms with Crippen LogP contribution in [0.1, 0.15) is 30.0 Å². The number of carboxylic acid groups (broad SMARTS) is 1. The van der Waals surface area contributed by atoms with Gasteiger partial charge in [0.15, 0.2) is 0 Å². The second-order valence-corrected chi connectivity index (χ2v) is 6.39. The van der Waals surface area contributed by atoms with Gasteiger partial charge in [-0.3, -0.25) is 9.59 Å². The van der Waals surface area contributed by atoms with Crippen molar-refractivity contribution in [2.24, 2.45) is 0 Å². The van der Waals surface area contributed by atoms with Gasteiger partial charge in [0.05, 0.1) is 11.6 Å². The van der Waals surface area contributed by atoms with Crippen LogP contribution in [0.2, 0.25) is 0 Å². The number of Topliss-reactive ketones (excluding diaryl/α,β-unsaturated/α-hetero) is 1. The van der Waals surface area contributed by atoms with Crippen molar-refractivity contribution in [3.63, 3.8) is 0 Å². The lowest BCUT2D eigenvalue weighted by Crippen LogP contribution is -2.32. The van der Waals surface area contributed by atoms with Crippen LogP contribution in [0.3, 0.4) is 0 Å². The molecule has 1 atom stereocenters. The lowest BCUT2D eigenvalue weighted by Gasteiger charge is -2.25. The van der Waals surface area contributed by atoms with Crippen molar-refractivity contribution < 1.29 is 29.0 Å². The normalized spacial score (nSPS) is 18.5. The van der Waals surface area contributed by atoms with Crippen LogP contribution in [0.4, 0.5) is 4.39 Å². The van der Waals surface area contributed by atoms with Crippen LogP contribution in [-0.2, 0) is 14.4 Å². The molecule has 0 aromatic heterocycles. The topological polar surface area (TPSA) is 97.7 Å². The summed E-state index contributed by atoms with van der Waals surface area (Å²) in [6, 6.07) is 12.6. The number of ketones is 1. The van der Waals surface area contributed by atoms with Gasteiger partial charge in [0.1, 0.15) is 11.6 Å². The Morgan fingerprint density at radius 1 is 1.11 bits per heavy atom. The van der Waals surface area contributed by atoms with Gasteiger partial charge in [-0.15, -0.1) is 0 Å². The number of hydrogen-bond donors (Lipinski definition) is 1. The zero-order valence-corrected chi connectivity index (χ0v) is 14.8. The second-order valence-electron chi connectivity index (χ2n) is 6.39. The molecule has 28 heavy (non-hydrogen) atoms. The lowest BCUT2D eigenvalue weighted by atomic mass is 9.95. The van der Waals surface area contributed by atoms with E-state index < -0.39 is 29.5 Å². The quantitative estimate of drug-likeness (QED) is 0.467. The first-order valence-corrected chi connectivity index (χ1v) is 8.69. The van der Waals surface area contributed by atoms with Gasteiger partial charge in [-0.1, -0.05) is 42.5 Å². The maximum atomic E-state index is 13.8. The Bertz CT molecular complexity index is 954. The van der Waals surface area contributed by atoms with E-state index >= 15 is 0 Å². The highest BCUT2D eigenvalue weighted by Crippen LogP contribution is 2.39. The third kappa shape index (κ3) is 3.78. The maximum absolute atomic E-state index is 13.8. The summed E-state index contributed by atoms with van der Waals surface area (Å²) in [6.45, 7) is -0.0503. The fourth-order valence-corrected chi connectivity index (χ4v) is 3.28. The van der Waals surface area contributed by atoms with E-state index in [-0.39, 0.29) is 30.7 Å². The molecular formula is C21H17FNO5-. The largest absolute Gasteiger partial charge is 0.550 e. The Hall–Kier alpha value is -3.48. The summed E-state index contributed by atoms with van der Waals surface area (Å²) in [6.07, 6.45) is -0.232. The van der Waals surface area contributed by atoms with Crippen molar-refractivity contribution in [2.75, 3.05) is 6.54 Å². The summed E-state index contributed by atoms with van der Waals surface area (Å²) in [4.78, 5) is 37.1. The SMILES string of the molecule is O=C([O-])CCCN1C(=O)C(=O)C(=C(O)c2ccccc2)[C@H]1c1cccc(F)c1. The minimum atomic E-state index is -1.27. The molecule has 1 aliphatic heterocycles. The first kappa shape index (κ1) is 19.3. The number of aliphatic hydroxyl groups excluding tert-OH is 1. The molecular weight excluding hydrogens is 365 g/mol. The van der Waals surface area contributed by atoms with Crippen LogP contribution in [0.25, 0.3) is 5.76 Å². The van der Waals surface area contributed by atoms with Crippen LogP contribution in [0.15, 0.2) is 60.2 Å². The van der Waals surface area contributed by atoms with Crippen molar-refractivity contribution in [3.05, 3.63) is 77.1 Å². The van der Waals surface area contributed by atoms with Gasteiger partial charge >= 0.3 is 0 Å². The van der Waals surface area contributed by atoms with E-state index in [0.717, 1.165) is 4.90 Å². The summed E-state index contributed by atoms with van der Waals surface area (Å²) >= 11 is 0. The van der Waals surface area contributed by atoms with Crippen LogP contribution < -0.4 is 5.11 Å². The standard InChI is InChI=1S/C21H18FNO5/c22-15-9-4-8-14(12-15)18-17(19(26)13-6-2-1-3-7-13)20(27)21(28)23(18)11-5-10-16(24)25/h1-4,6-9,12,18,26H,5,10-11H2,(H,24,25)/p-1/t18-/m1/s1. The summed E-state index contributed by atoms with van der Waals surface area (Å²) in [5.41, 5.74) is 0.497. The van der Waals surface area contributed by atoms with E-state index in [9.17, 15) is 29.0 Å². The van der Waals surface area contributed by atoms with Gasteiger partial charge in [-0.25, -0.2) is 4.39 Å². The monoisotopic (exact) mass is 382 g/mol. The van der Waals surface area contributed by atoms with Gasteiger partial charge in [-0.05, 0) is 30.5 Å². The predicted octanol–water partition coefficient (Wildman–Crippen LogP) is 1.78. The molecule has 6 nitrogen and oxygen atoms in total. The molecule has 0 bridgehead atoms. The Labute approximate surface area is 160 Å². The Morgan fingerprint density at radius 3 is 2.46 bits per heavy atom. The molecule has 0 saturated carbocycles. The van der Waals surface area contributed by atoms with Gasteiger partial charge in [0, 0.05) is 18.1 Å². The number of likely N-dealkylation sites (tertiary alicyclic amines) is 1. The van der Waals surface area contributed by atoms with E-state index in [0.29, 0.717) is 11.1 Å². The minimum Gasteiger partial charge on any atom is -0.550 e. The van der Waals surface area contributed by atoms with E-state index in [4.69, 9.17) is 0 Å². The summed E-state index contributed by atoms with van der Waals surface area (Å²) in [5, 5.41) is 21.4. The van der Waals surface area contributed by atoms with Crippen LogP contribution >= 0.6 is 0 Å². The van der Waals surface area contributed by atoms with Gasteiger partial charge in [0.2, 0.25) is 0 Å². The molecule has 2 aromatic carbocycles. The van der Waals surface area contributed by atoms with E-state index in [1.807, 2.05) is 0 Å². The van der Waals surface area contributed by atoms with Crippen molar-refractivity contribution in [3.8, 4) is 0 Å². The number of carbonyl (C=O) groups excluding carboxylic acids is 3. The summed E-state index contributed by atoms with van der Waals surface area (Å²) in [5.74, 6) is -3.97. The first-order chi connectivity index (χ1) is 13.4. The highest BCUT2D eigenvalue weighted by molar-refractivity contribution is 6.46. The Balaban J connectivity index is 2.10. The third-order valence-corrected chi connectivity index (χ3v) is 4.53. The lowest BCUT2D eigenvalue weighted by molar-refractivity contribution is -0.305. The zero-order chi connectivity index (χ0) is 20.3. The summed E-state index contributed by atoms with van der Waals surface area (Å²) < 4.78 is 13.8. The van der Waals surface area contributed by atoms with Gasteiger partial charge in [-0.2, -0.15) is 0 Å². The van der Waals surface area contributed by atoms with E-state index in [1.165, 1.54) is 18.2 Å². The number of carboxylic acids is 1. The average molecular weight is 382 g/mol. The number of carbonyl (C=O) groups is 3. The van der Waals surface area contributed by atoms with Crippen molar-refractivity contribution in [1.82, 2.24) is 4.90 Å². The minimum absolute atomic E-state index is 0.0503. The van der Waals surface area contributed by atoms with Crippen molar-refractivity contribution in [2.45, 2.75) is 18.9 Å². The van der Waals surface area contributed by atoms with Crippen LogP contribution in [0, 0.1) is 5.82 Å². The molecule has 1 fully saturated rings. The number of amides is 1. The fourth-order valence-electron chi connectivity index (χ4n) is 3.28. The highest BCUT2D eigenvalue weighted by Gasteiger charge is 2.45. The molecule has 0 radical (unpaired) electrons. The number of nitrogens with zero attached hydrogens (tertiary/aromatic N) is 1. The van der Waals surface area contributed by atoms with Crippen molar-refractivity contribution in [1.29, 1.82) is 0 Å². The zero-order valence-electron chi connectivity index (χ0n) is 14.8. The molecule has 0 unspecified atom stereocenters. The summed E-state index contributed by atoms with van der Waals surface area (Å²) in [7, 11) is 0. The molecule has 0 aliphatic carbocycles. The Morgan fingerprint density at radius 2 is 1.82 bits per heavy atom. The van der Waals surface area contributed by atoms with Gasteiger partial charge in [0.25, 0.3) is 11.7 Å². The molecule has 1 saturated heterocycles. The smallest absolute Gasteiger partial charge is 0.295 e. The van der Waals surface area contributed by atoms with Crippen molar-refractivity contribution >= 4 is 23.4 Å². The number of benzene rings is 2. The van der Waals surface area contributed by atoms with Crippen LogP contribution in [-0.4, -0.2) is 34.2 Å². The maximum Gasteiger partial charge on any atom is 0.295 e. The van der Waals surface area contributed by atoms with Gasteiger partial charge < -0.3 is 19.9 Å². The van der Waals surface area contributed by atoms with Crippen LogP contribution in [0.5, 0.6) is 0 Å². The molecule has 144 valence electrons. The Kier molecular flexibility index (Phi) is 5.54. The number of aliphatic carboxylic acids is 1. The molecule has 0 spiro atoms. The molecule has 1 aliphatic rings. The molecule has 1 N–H and O–H groups in total. The van der Waals surface area contributed by atoms with E-state index in [1.54, 1.807) is 36.4 Å². The van der Waals surface area contributed by atoms with E-state index in [2.05, 4.69) is 0 Å². The first-order valence-electron chi connectivity index (χ1n) is 8.69. The fraction of sp³-hybridized carbons (Fsp3) is 0.190. The number of aliphatic hydroxyl groups is 1. The number of halogens is 1. The number of rotatable bonds is 6. The molecule has 1 amide bonds. The third-order valence-electron chi connectivity index (χ3n) is 4.53. The number of hydrogen-bond acceptors (Lipinski definition) is 5. The molecule has 2 aromatic rings.